The first-order valence-electron chi connectivity index (χ1n) is 10.7. The van der Waals surface area contributed by atoms with Crippen molar-refractivity contribution in [2.75, 3.05) is 0 Å². The van der Waals surface area contributed by atoms with E-state index in [0.29, 0.717) is 0 Å². The highest BCUT2D eigenvalue weighted by atomic mass is 16.4. The maximum atomic E-state index is 11.9. The number of carboxylic acid groups (broad SMARTS) is 2. The first kappa shape index (κ1) is 24.4. The minimum atomic E-state index is -0.856. The van der Waals surface area contributed by atoms with Gasteiger partial charge in [0.25, 0.3) is 6.04 Å². The predicted molar refractivity (Wildman–Crippen MR) is 123 cm³/mol. The van der Waals surface area contributed by atoms with E-state index in [9.17, 15) is 19.8 Å². The predicted octanol–water partition coefficient (Wildman–Crippen LogP) is 4.83. The molecule has 0 saturated heterocycles. The summed E-state index contributed by atoms with van der Waals surface area (Å²) in [5, 5.41) is 19.5. The molecule has 2 atom stereocenters. The van der Waals surface area contributed by atoms with Gasteiger partial charge in [-0.15, -0.1) is 0 Å². The van der Waals surface area contributed by atoms with E-state index in [2.05, 4.69) is 0 Å². The molecule has 2 N–H and O–H groups in total. The first-order valence-corrected chi connectivity index (χ1v) is 10.7. The molecule has 0 radical (unpaired) electrons. The third kappa shape index (κ3) is 4.89. The van der Waals surface area contributed by atoms with Crippen LogP contribution in [0.15, 0.2) is 35.2 Å². The molecule has 2 rings (SSSR count). The highest BCUT2D eigenvalue weighted by Gasteiger charge is 2.38. The van der Waals surface area contributed by atoms with Crippen LogP contribution < -0.4 is 0 Å². The van der Waals surface area contributed by atoms with Gasteiger partial charge in [0.1, 0.15) is 6.04 Å². The highest BCUT2D eigenvalue weighted by molar-refractivity contribution is 5.82. The maximum absolute atomic E-state index is 11.9. The third-order valence-corrected chi connectivity index (χ3v) is 6.05. The molecule has 0 spiro atoms. The van der Waals surface area contributed by atoms with Gasteiger partial charge in [0.15, 0.2) is 6.21 Å². The molecular formula is C25H35N2O4+. The number of carboxylic acids is 2. The fourth-order valence-electron chi connectivity index (χ4n) is 4.10. The average molecular weight is 428 g/mol. The summed E-state index contributed by atoms with van der Waals surface area (Å²) in [6, 6.07) is -1.31. The Hall–Kier alpha value is -2.89. The van der Waals surface area contributed by atoms with E-state index in [1.165, 1.54) is 0 Å². The molecular weight excluding hydrogens is 392 g/mol. The third-order valence-electron chi connectivity index (χ3n) is 6.05. The van der Waals surface area contributed by atoms with Crippen LogP contribution >= 0.6 is 0 Å². The Bertz CT molecular complexity index is 1000. The summed E-state index contributed by atoms with van der Waals surface area (Å²) < 4.78 is 3.65. The van der Waals surface area contributed by atoms with Gasteiger partial charge in [-0.1, -0.05) is 33.8 Å². The fraction of sp³-hybridized carbons (Fsp3) is 0.480. The molecule has 0 fully saturated rings. The topological polar surface area (TPSA) is 82.5 Å². The van der Waals surface area contributed by atoms with E-state index >= 15 is 0 Å². The number of carbonyl (C=O) groups is 2. The first-order chi connectivity index (χ1) is 14.4. The maximum Gasteiger partial charge on any atom is 0.373 e. The van der Waals surface area contributed by atoms with E-state index in [1.54, 1.807) is 0 Å². The minimum absolute atomic E-state index is 0.0654. The molecule has 1 aromatic heterocycles. The quantitative estimate of drug-likeness (QED) is 0.582. The number of hydrogen-bond acceptors (Lipinski definition) is 2. The number of rotatable bonds is 8. The van der Waals surface area contributed by atoms with Crippen LogP contribution in [-0.2, 0) is 9.59 Å². The molecule has 1 aromatic rings. The normalized spacial score (nSPS) is 17.9. The second kappa shape index (κ2) is 9.50. The molecule has 1 aliphatic rings. The van der Waals surface area contributed by atoms with Crippen molar-refractivity contribution in [1.82, 2.24) is 4.57 Å². The molecule has 0 unspecified atom stereocenters. The fourth-order valence-corrected chi connectivity index (χ4v) is 4.10. The largest absolute Gasteiger partial charge is 0.480 e. The van der Waals surface area contributed by atoms with Crippen LogP contribution in [0, 0.1) is 25.7 Å². The number of allylic oxidation sites excluding steroid dienone is 4. The summed E-state index contributed by atoms with van der Waals surface area (Å²) in [6.07, 6.45) is 9.50. The molecule has 6 nitrogen and oxygen atoms in total. The van der Waals surface area contributed by atoms with Crippen LogP contribution in [0.1, 0.15) is 64.4 Å². The lowest BCUT2D eigenvalue weighted by molar-refractivity contribution is -0.504. The average Bonchev–Trinajstić information content (AvgIpc) is 3.05. The van der Waals surface area contributed by atoms with Gasteiger partial charge in [-0.2, -0.15) is 4.58 Å². The standard InChI is InChI=1S/C25H34N2O4/c1-14(2)22(24(28)29)26-12-16(5)18(7)20(26)10-9-11-21-19(8)17(6)13-27(21)23(15(3)4)25(30)31/h9-15,22-23H,1-8H3,(H-,28,29,30,31)/p+1/t22-,23-/m0/s1. The summed E-state index contributed by atoms with van der Waals surface area (Å²) in [5.41, 5.74) is 5.83. The molecule has 0 amide bonds. The van der Waals surface area contributed by atoms with E-state index in [0.717, 1.165) is 33.7 Å². The Balaban J connectivity index is 2.52. The number of nitrogens with zero attached hydrogens (tertiary/aromatic N) is 2. The van der Waals surface area contributed by atoms with Crippen molar-refractivity contribution in [3.8, 4) is 0 Å². The Morgan fingerprint density at radius 2 is 1.61 bits per heavy atom. The summed E-state index contributed by atoms with van der Waals surface area (Å²) in [6.45, 7) is 15.5. The van der Waals surface area contributed by atoms with E-state index in [-0.39, 0.29) is 11.8 Å². The van der Waals surface area contributed by atoms with Gasteiger partial charge in [-0.05, 0) is 50.8 Å². The number of aliphatic carboxylic acids is 2. The summed E-state index contributed by atoms with van der Waals surface area (Å²) >= 11 is 0. The lowest BCUT2D eigenvalue weighted by atomic mass is 10.0. The number of aryl methyl sites for hydroxylation is 1. The van der Waals surface area contributed by atoms with Crippen LogP contribution in [0.2, 0.25) is 0 Å². The monoisotopic (exact) mass is 427 g/mol. The van der Waals surface area contributed by atoms with Crippen LogP contribution in [0.5, 0.6) is 0 Å². The van der Waals surface area contributed by atoms with Crippen LogP contribution in [0.25, 0.3) is 6.08 Å². The summed E-state index contributed by atoms with van der Waals surface area (Å²) in [5.74, 6) is -1.84. The smallest absolute Gasteiger partial charge is 0.373 e. The van der Waals surface area contributed by atoms with Gasteiger partial charge in [0, 0.05) is 35.0 Å². The van der Waals surface area contributed by atoms with Gasteiger partial charge in [-0.25, -0.2) is 9.59 Å². The number of aromatic nitrogens is 1. The summed E-state index contributed by atoms with van der Waals surface area (Å²) in [4.78, 5) is 23.8. The van der Waals surface area contributed by atoms with E-state index in [4.69, 9.17) is 0 Å². The molecule has 168 valence electrons. The van der Waals surface area contributed by atoms with Crippen molar-refractivity contribution in [2.24, 2.45) is 11.8 Å². The lowest BCUT2D eigenvalue weighted by Gasteiger charge is -2.20. The Labute approximate surface area is 184 Å². The van der Waals surface area contributed by atoms with Crippen molar-refractivity contribution >= 4 is 24.2 Å². The van der Waals surface area contributed by atoms with Crippen LogP contribution in [0.3, 0.4) is 0 Å². The van der Waals surface area contributed by atoms with Crippen molar-refractivity contribution in [3.05, 3.63) is 52.0 Å². The minimum Gasteiger partial charge on any atom is -0.480 e. The molecule has 0 aromatic carbocycles. The Morgan fingerprint density at radius 3 is 2.10 bits per heavy atom. The van der Waals surface area contributed by atoms with E-state index < -0.39 is 24.0 Å². The van der Waals surface area contributed by atoms with E-state index in [1.807, 2.05) is 95.2 Å². The van der Waals surface area contributed by atoms with Crippen molar-refractivity contribution in [3.63, 3.8) is 0 Å². The zero-order chi connectivity index (χ0) is 23.6. The number of hydrogen-bond donors (Lipinski definition) is 2. The highest BCUT2D eigenvalue weighted by Crippen LogP contribution is 2.28. The summed E-state index contributed by atoms with van der Waals surface area (Å²) in [7, 11) is 0. The second-order valence-corrected chi connectivity index (χ2v) is 9.04. The Kier molecular flexibility index (Phi) is 7.47. The van der Waals surface area contributed by atoms with Crippen molar-refractivity contribution < 1.29 is 24.4 Å². The second-order valence-electron chi connectivity index (χ2n) is 9.04. The molecule has 0 aliphatic carbocycles. The van der Waals surface area contributed by atoms with Crippen LogP contribution in [-0.4, -0.2) is 43.6 Å². The molecule has 0 bridgehead atoms. The molecule has 31 heavy (non-hydrogen) atoms. The molecule has 0 saturated carbocycles. The zero-order valence-electron chi connectivity index (χ0n) is 19.8. The lowest BCUT2D eigenvalue weighted by Crippen LogP contribution is -2.37. The Morgan fingerprint density at radius 1 is 1.00 bits per heavy atom. The zero-order valence-corrected chi connectivity index (χ0v) is 19.8. The van der Waals surface area contributed by atoms with Gasteiger partial charge >= 0.3 is 11.9 Å². The molecule has 6 heteroatoms. The SMILES string of the molecule is CC1=C(C)C(=CC=Cc2c(C)c(C)cn2[C@H](C(=O)O)C(C)C)[N+]([C@H](C(=O)O)C(C)C)=C1. The van der Waals surface area contributed by atoms with Gasteiger partial charge in [0.05, 0.1) is 0 Å². The van der Waals surface area contributed by atoms with Crippen molar-refractivity contribution in [2.45, 2.75) is 67.5 Å². The van der Waals surface area contributed by atoms with Gasteiger partial charge in [0.2, 0.25) is 5.70 Å². The van der Waals surface area contributed by atoms with Gasteiger partial charge in [-0.3, -0.25) is 0 Å². The van der Waals surface area contributed by atoms with Crippen LogP contribution in [0.4, 0.5) is 0 Å². The molecule has 2 heterocycles. The van der Waals surface area contributed by atoms with Gasteiger partial charge < -0.3 is 14.8 Å². The molecule has 1 aliphatic heterocycles. The van der Waals surface area contributed by atoms with Crippen molar-refractivity contribution in [1.29, 1.82) is 0 Å².